The van der Waals surface area contributed by atoms with Crippen LogP contribution in [0.4, 0.5) is 0 Å². The lowest BCUT2D eigenvalue weighted by Crippen LogP contribution is -2.46. The monoisotopic (exact) mass is 270 g/mol. The summed E-state index contributed by atoms with van der Waals surface area (Å²) in [6, 6.07) is 3.50. The lowest BCUT2D eigenvalue weighted by atomic mass is 10.1. The van der Waals surface area contributed by atoms with E-state index >= 15 is 0 Å². The molecule has 1 aromatic heterocycles. The summed E-state index contributed by atoms with van der Waals surface area (Å²) >= 11 is 6.77. The Labute approximate surface area is 110 Å². The quantitative estimate of drug-likeness (QED) is 0.271. The van der Waals surface area contributed by atoms with Crippen molar-refractivity contribution in [1.29, 1.82) is 0 Å². The van der Waals surface area contributed by atoms with Crippen molar-refractivity contribution in [3.8, 4) is 0 Å². The van der Waals surface area contributed by atoms with Crippen molar-refractivity contribution in [1.82, 2.24) is 4.90 Å². The predicted molar refractivity (Wildman–Crippen MR) is 73.3 cm³/mol. The smallest absolute Gasteiger partial charge is 0.254 e. The topological polar surface area (TPSA) is 42.5 Å². The number of thioether (sulfide) groups is 1. The van der Waals surface area contributed by atoms with E-state index in [1.54, 1.807) is 30.2 Å². The summed E-state index contributed by atoms with van der Waals surface area (Å²) < 4.78 is 6.55. The van der Waals surface area contributed by atoms with Gasteiger partial charge in [-0.3, -0.25) is 0 Å². The van der Waals surface area contributed by atoms with Crippen LogP contribution < -0.4 is 0 Å². The summed E-state index contributed by atoms with van der Waals surface area (Å²) in [4.78, 5) is 1.83. The summed E-state index contributed by atoms with van der Waals surface area (Å²) in [6.45, 7) is 4.03. The first kappa shape index (κ1) is 12.4. The molecule has 4 nitrogen and oxygen atoms in total. The molecule has 6 heteroatoms. The predicted octanol–water partition coefficient (Wildman–Crippen LogP) is 2.28. The molecule has 0 N–H and O–H groups in total. The second kappa shape index (κ2) is 4.34. The number of nitrogens with zero attached hydrogens (tertiary/aromatic N) is 2. The standard InChI is InChI=1S/C11H14N2O2S2/c1-11(2)9(12(3)10(16)17-11)13(14)7-8-5-4-6-15-8/h4-7,9H,1-3H3/b13-7-/t9-/m1/s1. The Hall–Kier alpha value is -1.01. The maximum Gasteiger partial charge on any atom is 0.254 e. The molecule has 0 saturated carbocycles. The van der Waals surface area contributed by atoms with Crippen LogP contribution in [0, 0.1) is 5.21 Å². The van der Waals surface area contributed by atoms with Gasteiger partial charge in [-0.25, -0.2) is 0 Å². The van der Waals surface area contributed by atoms with Gasteiger partial charge in [0.15, 0.2) is 5.76 Å². The minimum atomic E-state index is -0.315. The van der Waals surface area contributed by atoms with Gasteiger partial charge in [0.2, 0.25) is 6.21 Å². The number of hydrogen-bond acceptors (Lipinski definition) is 4. The van der Waals surface area contributed by atoms with E-state index in [1.165, 1.54) is 6.21 Å². The van der Waals surface area contributed by atoms with Crippen molar-refractivity contribution in [3.63, 3.8) is 0 Å². The van der Waals surface area contributed by atoms with Crippen molar-refractivity contribution in [2.75, 3.05) is 7.05 Å². The zero-order chi connectivity index (χ0) is 12.6. The third-order valence-electron chi connectivity index (χ3n) is 2.67. The molecule has 2 heterocycles. The molecular weight excluding hydrogens is 256 g/mol. The number of hydroxylamine groups is 1. The molecule has 1 aliphatic rings. The lowest BCUT2D eigenvalue weighted by Gasteiger charge is -2.26. The Morgan fingerprint density at radius 1 is 1.65 bits per heavy atom. The van der Waals surface area contributed by atoms with Crippen molar-refractivity contribution >= 4 is 34.5 Å². The molecule has 2 rings (SSSR count). The number of furan rings is 1. The van der Waals surface area contributed by atoms with Crippen LogP contribution in [0.3, 0.4) is 0 Å². The SMILES string of the molecule is CN1C(=S)SC(C)(C)[C@H]1/[N+]([O-])=C/c1ccco1. The molecule has 0 aliphatic carbocycles. The van der Waals surface area contributed by atoms with Crippen molar-refractivity contribution < 1.29 is 9.16 Å². The normalized spacial score (nSPS) is 24.4. The Morgan fingerprint density at radius 2 is 2.35 bits per heavy atom. The molecule has 0 bridgehead atoms. The average Bonchev–Trinajstić information content (AvgIpc) is 2.74. The van der Waals surface area contributed by atoms with Crippen LogP contribution in [0.2, 0.25) is 0 Å². The zero-order valence-electron chi connectivity index (χ0n) is 9.91. The van der Waals surface area contributed by atoms with E-state index in [2.05, 4.69) is 0 Å². The third kappa shape index (κ3) is 2.32. The fourth-order valence-electron chi connectivity index (χ4n) is 1.95. The molecule has 1 aliphatic heterocycles. The van der Waals surface area contributed by atoms with Crippen molar-refractivity contribution in [2.45, 2.75) is 24.8 Å². The molecule has 1 fully saturated rings. The second-order valence-electron chi connectivity index (χ2n) is 4.46. The van der Waals surface area contributed by atoms with Crippen molar-refractivity contribution in [3.05, 3.63) is 29.4 Å². The van der Waals surface area contributed by atoms with Gasteiger partial charge < -0.3 is 14.5 Å². The molecule has 17 heavy (non-hydrogen) atoms. The van der Waals surface area contributed by atoms with Crippen LogP contribution in [0.25, 0.3) is 0 Å². The first-order valence-corrected chi connectivity index (χ1v) is 6.44. The third-order valence-corrected chi connectivity index (χ3v) is 4.40. The van der Waals surface area contributed by atoms with Crippen LogP contribution in [0.1, 0.15) is 19.6 Å². The highest BCUT2D eigenvalue weighted by molar-refractivity contribution is 8.24. The molecule has 1 aromatic rings. The van der Waals surface area contributed by atoms with E-state index in [-0.39, 0.29) is 10.9 Å². The highest BCUT2D eigenvalue weighted by Gasteiger charge is 2.48. The molecule has 0 aromatic carbocycles. The van der Waals surface area contributed by atoms with Gasteiger partial charge in [0.25, 0.3) is 6.17 Å². The molecule has 0 amide bonds. The summed E-state index contributed by atoms with van der Waals surface area (Å²) in [5.74, 6) is 0.548. The second-order valence-corrected chi connectivity index (χ2v) is 6.75. The Bertz CT molecular complexity index is 454. The summed E-state index contributed by atoms with van der Waals surface area (Å²) in [7, 11) is 1.84. The minimum absolute atomic E-state index is 0.239. The first-order valence-electron chi connectivity index (χ1n) is 5.21. The van der Waals surface area contributed by atoms with Crippen LogP contribution in [-0.2, 0) is 0 Å². The van der Waals surface area contributed by atoms with Crippen LogP contribution in [0.5, 0.6) is 0 Å². The van der Waals surface area contributed by atoms with E-state index in [0.717, 1.165) is 9.06 Å². The summed E-state index contributed by atoms with van der Waals surface area (Å²) in [5.41, 5.74) is 0. The van der Waals surface area contributed by atoms with Crippen molar-refractivity contribution in [2.24, 2.45) is 0 Å². The van der Waals surface area contributed by atoms with Gasteiger partial charge in [0, 0.05) is 7.05 Å². The molecule has 1 saturated heterocycles. The van der Waals surface area contributed by atoms with Crippen LogP contribution >= 0.6 is 24.0 Å². The number of thiocarbonyl (C=S) groups is 1. The maximum atomic E-state index is 12.2. The Kier molecular flexibility index (Phi) is 3.18. The molecule has 0 radical (unpaired) electrons. The van der Waals surface area contributed by atoms with Gasteiger partial charge in [-0.1, -0.05) is 24.0 Å². The molecular formula is C11H14N2O2S2. The maximum absolute atomic E-state index is 12.2. The van der Waals surface area contributed by atoms with E-state index in [1.807, 2.05) is 25.8 Å². The Morgan fingerprint density at radius 3 is 2.82 bits per heavy atom. The molecule has 0 unspecified atom stereocenters. The summed E-state index contributed by atoms with van der Waals surface area (Å²) in [5, 5.41) is 12.2. The number of rotatable bonds is 2. The lowest BCUT2D eigenvalue weighted by molar-refractivity contribution is -0.522. The van der Waals surface area contributed by atoms with Gasteiger partial charge in [0.05, 0.1) is 6.26 Å². The first-order chi connectivity index (χ1) is 7.92. The van der Waals surface area contributed by atoms with E-state index < -0.39 is 0 Å². The fraction of sp³-hybridized carbons (Fsp3) is 0.455. The van der Waals surface area contributed by atoms with E-state index in [9.17, 15) is 5.21 Å². The van der Waals surface area contributed by atoms with Gasteiger partial charge in [-0.05, 0) is 26.0 Å². The molecule has 1 atom stereocenters. The van der Waals surface area contributed by atoms with E-state index in [4.69, 9.17) is 16.6 Å². The highest BCUT2D eigenvalue weighted by Crippen LogP contribution is 2.40. The largest absolute Gasteiger partial charge is 0.622 e. The fourth-order valence-corrected chi connectivity index (χ4v) is 3.76. The molecule has 92 valence electrons. The number of hydrogen-bond donors (Lipinski definition) is 0. The highest BCUT2D eigenvalue weighted by atomic mass is 32.2. The van der Waals surface area contributed by atoms with Gasteiger partial charge in [0.1, 0.15) is 9.07 Å². The van der Waals surface area contributed by atoms with Gasteiger partial charge in [-0.15, -0.1) is 0 Å². The van der Waals surface area contributed by atoms with E-state index in [0.29, 0.717) is 5.76 Å². The van der Waals surface area contributed by atoms with Crippen LogP contribution in [0.15, 0.2) is 22.8 Å². The van der Waals surface area contributed by atoms with Gasteiger partial charge in [-0.2, -0.15) is 4.74 Å². The molecule has 0 spiro atoms. The Balaban J connectivity index is 2.30. The summed E-state index contributed by atoms with van der Waals surface area (Å²) in [6.07, 6.45) is 2.69. The van der Waals surface area contributed by atoms with Gasteiger partial charge >= 0.3 is 0 Å². The van der Waals surface area contributed by atoms with Crippen LogP contribution in [-0.4, -0.2) is 38.1 Å². The average molecular weight is 270 g/mol. The minimum Gasteiger partial charge on any atom is -0.622 e. The zero-order valence-corrected chi connectivity index (χ0v) is 11.5.